The molecule has 0 amide bonds. The lowest BCUT2D eigenvalue weighted by Gasteiger charge is -2.45. The Morgan fingerprint density at radius 2 is 1.18 bits per heavy atom. The van der Waals surface area contributed by atoms with Crippen molar-refractivity contribution in [3.05, 3.63) is 47.6 Å². The van der Waals surface area contributed by atoms with E-state index < -0.39 is 51.1 Å². The van der Waals surface area contributed by atoms with Crippen LogP contribution < -0.4 is 0 Å². The van der Waals surface area contributed by atoms with Crippen LogP contribution in [0.5, 0.6) is 0 Å². The summed E-state index contributed by atoms with van der Waals surface area (Å²) in [5.41, 5.74) is 2.18. The number of epoxide rings is 1. The molecule has 0 aliphatic carbocycles. The minimum absolute atomic E-state index is 0.0724. The standard InChI is InChI=1S/C56H106O8Si4/c1-20-65(21-2,22-3)61-49-41-50(57)54(63-67(26-7,27-8)28-9)53(62-66(23-4,24-5)25-6)46(16)40-48(18)59-55(58)45(15)35-33-32-34-36-51-52(60-51)39-44(14)37-43(13)38-47(17)56(19,42-49)64-68(29-10,30-11)31-12/h34-36,38,44,46,48-49,51-54H,13,20-33,37,39-42H2,1-12,14-19H3/b36-34+,45-35+,47-38+/t44-,46-,48+,49+,51+,52+,53+,54+,56-/m1/s1. The first-order valence-electron chi connectivity index (χ1n) is 27.9. The van der Waals surface area contributed by atoms with E-state index in [0.717, 1.165) is 109 Å². The smallest absolute Gasteiger partial charge is 0.333 e. The molecule has 1 saturated heterocycles. The predicted octanol–water partition coefficient (Wildman–Crippen LogP) is 16.2. The summed E-state index contributed by atoms with van der Waals surface area (Å²) >= 11 is 0. The zero-order valence-electron chi connectivity index (χ0n) is 47.3. The number of fused-ring (bicyclic) bond motifs is 1. The second kappa shape index (κ2) is 29.5. The van der Waals surface area contributed by atoms with Gasteiger partial charge >= 0.3 is 5.97 Å². The molecule has 2 rings (SSSR count). The molecule has 0 aromatic carbocycles. The number of rotatable bonds is 20. The average Bonchev–Trinajstić information content (AvgIpc) is 4.07. The fourth-order valence-corrected chi connectivity index (χ4v) is 22.8. The van der Waals surface area contributed by atoms with E-state index in [4.69, 9.17) is 27.2 Å². The molecule has 0 N–H and O–H groups in total. The summed E-state index contributed by atoms with van der Waals surface area (Å²) in [5, 5.41) is 0. The van der Waals surface area contributed by atoms with Crippen molar-refractivity contribution in [1.29, 1.82) is 0 Å². The molecule has 2 aliphatic rings. The number of allylic oxidation sites excluding steroid dienone is 4. The highest BCUT2D eigenvalue weighted by atomic mass is 28.4. The highest BCUT2D eigenvalue weighted by molar-refractivity contribution is 6.75. The minimum Gasteiger partial charge on any atom is -0.459 e. The lowest BCUT2D eigenvalue weighted by Crippen LogP contribution is -2.55. The highest BCUT2D eigenvalue weighted by Crippen LogP contribution is 2.41. The summed E-state index contributed by atoms with van der Waals surface area (Å²) < 4.78 is 42.8. The van der Waals surface area contributed by atoms with Gasteiger partial charge in [0.2, 0.25) is 0 Å². The van der Waals surface area contributed by atoms with E-state index in [1.54, 1.807) is 0 Å². The van der Waals surface area contributed by atoms with Crippen molar-refractivity contribution in [3.63, 3.8) is 0 Å². The van der Waals surface area contributed by atoms with Crippen molar-refractivity contribution >= 4 is 45.0 Å². The van der Waals surface area contributed by atoms with Gasteiger partial charge in [-0.15, -0.1) is 0 Å². The van der Waals surface area contributed by atoms with Gasteiger partial charge in [0.05, 0.1) is 30.0 Å². The summed E-state index contributed by atoms with van der Waals surface area (Å²) in [5.74, 6) is 0.0404. The van der Waals surface area contributed by atoms with Gasteiger partial charge in [-0.2, -0.15) is 0 Å². The van der Waals surface area contributed by atoms with Gasteiger partial charge in [0.1, 0.15) is 12.2 Å². The molecule has 0 radical (unpaired) electrons. The first kappa shape index (κ1) is 62.9. The molecular weight excluding hydrogens is 913 g/mol. The molecule has 0 unspecified atom stereocenters. The lowest BCUT2D eigenvalue weighted by molar-refractivity contribution is -0.146. The van der Waals surface area contributed by atoms with Crippen molar-refractivity contribution in [2.45, 2.75) is 284 Å². The Morgan fingerprint density at radius 1 is 0.676 bits per heavy atom. The van der Waals surface area contributed by atoms with Crippen molar-refractivity contribution in [3.8, 4) is 0 Å². The Labute approximate surface area is 423 Å². The van der Waals surface area contributed by atoms with Gasteiger partial charge in [0.15, 0.2) is 39.1 Å². The third-order valence-corrected chi connectivity index (χ3v) is 35.8. The summed E-state index contributed by atoms with van der Waals surface area (Å²) in [4.78, 5) is 29.6. The van der Waals surface area contributed by atoms with Crippen LogP contribution in [0.4, 0.5) is 0 Å². The summed E-state index contributed by atoms with van der Waals surface area (Å²) in [6.07, 6.45) is 11.7. The van der Waals surface area contributed by atoms with E-state index >= 15 is 4.79 Å². The van der Waals surface area contributed by atoms with Crippen molar-refractivity contribution in [2.24, 2.45) is 11.8 Å². The molecule has 68 heavy (non-hydrogen) atoms. The number of ether oxygens (including phenoxy) is 2. The molecule has 0 saturated carbocycles. The molecule has 0 spiro atoms. The summed E-state index contributed by atoms with van der Waals surface area (Å²) in [6, 6.07) is 11.6. The molecule has 0 bridgehead atoms. The van der Waals surface area contributed by atoms with Crippen LogP contribution in [0.15, 0.2) is 47.6 Å². The zero-order chi connectivity index (χ0) is 51.5. The maximum Gasteiger partial charge on any atom is 0.333 e. The van der Waals surface area contributed by atoms with Crippen molar-refractivity contribution in [1.82, 2.24) is 0 Å². The Kier molecular flexibility index (Phi) is 27.2. The van der Waals surface area contributed by atoms with Crippen LogP contribution in [0.1, 0.15) is 170 Å². The maximum atomic E-state index is 16.0. The number of carbonyl (C=O) groups excluding carboxylic acids is 2. The van der Waals surface area contributed by atoms with Gasteiger partial charge in [-0.1, -0.05) is 133 Å². The average molecular weight is 1020 g/mol. The maximum absolute atomic E-state index is 16.0. The van der Waals surface area contributed by atoms with E-state index in [0.29, 0.717) is 24.3 Å². The SMILES string of the molecule is C=C1/C=C(\C)[C@](C)(O[Si](CC)(CC)CC)C[C@@H](O[Si](CC)(CC)CC)CC(=O)[C@H](O[Si](CC)(CC)CC)[C@@H](O[Si](CC)(CC)CC)[C@H](C)C[C@H](C)OC(=O)/C(C)=C/CC/C=C/[C@@H]2O[C@H]2C[C@H](C)C1. The summed E-state index contributed by atoms with van der Waals surface area (Å²) in [6.45, 7) is 44.7. The van der Waals surface area contributed by atoms with Crippen LogP contribution in [0.2, 0.25) is 72.5 Å². The van der Waals surface area contributed by atoms with E-state index in [9.17, 15) is 4.79 Å². The van der Waals surface area contributed by atoms with Crippen LogP contribution in [0.3, 0.4) is 0 Å². The van der Waals surface area contributed by atoms with E-state index in [-0.39, 0.29) is 48.5 Å². The lowest BCUT2D eigenvalue weighted by atomic mass is 9.85. The highest BCUT2D eigenvalue weighted by Gasteiger charge is 2.48. The normalized spacial score (nSPS) is 30.7. The van der Waals surface area contributed by atoms with Gasteiger partial charge in [0.25, 0.3) is 0 Å². The zero-order valence-corrected chi connectivity index (χ0v) is 51.3. The second-order valence-corrected chi connectivity index (χ2v) is 40.4. The molecule has 9 atom stereocenters. The van der Waals surface area contributed by atoms with Gasteiger partial charge in [-0.25, -0.2) is 4.79 Å². The second-order valence-electron chi connectivity index (χ2n) is 21.5. The van der Waals surface area contributed by atoms with Gasteiger partial charge in [0, 0.05) is 18.4 Å². The van der Waals surface area contributed by atoms with Crippen LogP contribution in [-0.2, 0) is 36.8 Å². The predicted molar refractivity (Wildman–Crippen MR) is 299 cm³/mol. The number of hydrogen-bond donors (Lipinski definition) is 0. The number of cyclic esters (lactones) is 1. The molecule has 2 aliphatic heterocycles. The Bertz CT molecular complexity index is 1600. The van der Waals surface area contributed by atoms with Crippen LogP contribution in [0, 0.1) is 11.8 Å². The molecule has 12 heteroatoms. The third-order valence-electron chi connectivity index (χ3n) is 17.1. The fourth-order valence-electron chi connectivity index (χ4n) is 11.0. The Morgan fingerprint density at radius 3 is 1.69 bits per heavy atom. The van der Waals surface area contributed by atoms with E-state index in [1.165, 1.54) is 0 Å². The van der Waals surface area contributed by atoms with Crippen molar-refractivity contribution in [2.75, 3.05) is 0 Å². The molecule has 394 valence electrons. The fraction of sp³-hybridized carbons (Fsp3) is 0.821. The van der Waals surface area contributed by atoms with Crippen LogP contribution in [-0.4, -0.2) is 87.2 Å². The number of hydrogen-bond acceptors (Lipinski definition) is 8. The molecule has 2 heterocycles. The molecular formula is C56H106O8Si4. The van der Waals surface area contributed by atoms with Gasteiger partial charge in [-0.05, 0) is 150 Å². The third kappa shape index (κ3) is 18.1. The summed E-state index contributed by atoms with van der Waals surface area (Å²) in [7, 11) is -9.12. The molecule has 1 fully saturated rings. The Hall–Kier alpha value is -1.23. The van der Waals surface area contributed by atoms with Gasteiger partial charge < -0.3 is 27.2 Å². The number of ketones is 1. The van der Waals surface area contributed by atoms with E-state index in [1.807, 2.05) is 19.9 Å². The monoisotopic (exact) mass is 1020 g/mol. The molecule has 0 aromatic rings. The van der Waals surface area contributed by atoms with Crippen molar-refractivity contribution < 1.29 is 36.8 Å². The van der Waals surface area contributed by atoms with Crippen LogP contribution in [0.25, 0.3) is 0 Å². The largest absolute Gasteiger partial charge is 0.459 e. The Balaban J connectivity index is 3.01. The number of carbonyl (C=O) groups is 2. The number of esters is 1. The van der Waals surface area contributed by atoms with E-state index in [2.05, 4.69) is 136 Å². The topological polar surface area (TPSA) is 92.8 Å². The number of Topliss-reactive ketones (excluding diaryl/α,β-unsaturated/α-hetero) is 1. The quantitative estimate of drug-likeness (QED) is 0.0515. The molecule has 8 nitrogen and oxygen atoms in total. The molecule has 0 aromatic heterocycles. The first-order chi connectivity index (χ1) is 32.1. The van der Waals surface area contributed by atoms with Crippen LogP contribution >= 0.6 is 0 Å². The minimum atomic E-state index is -2.38. The van der Waals surface area contributed by atoms with Gasteiger partial charge in [-0.3, -0.25) is 4.79 Å². The first-order valence-corrected chi connectivity index (χ1v) is 38.0.